The van der Waals surface area contributed by atoms with E-state index in [1.807, 2.05) is 0 Å². The van der Waals surface area contributed by atoms with Crippen LogP contribution in [-0.4, -0.2) is 54.0 Å². The fraction of sp³-hybridized carbons (Fsp3) is 0.600. The molecule has 0 saturated carbocycles. The van der Waals surface area contributed by atoms with E-state index in [9.17, 15) is 0 Å². The van der Waals surface area contributed by atoms with Gasteiger partial charge in [-0.2, -0.15) is 0 Å². The average Bonchev–Trinajstić information content (AvgIpc) is 2.64. The molecule has 21 heavy (non-hydrogen) atoms. The van der Waals surface area contributed by atoms with Crippen molar-refractivity contribution in [2.75, 3.05) is 34.2 Å². The van der Waals surface area contributed by atoms with Gasteiger partial charge in [0.05, 0.1) is 11.9 Å². The van der Waals surface area contributed by atoms with Crippen LogP contribution in [0.15, 0.2) is 0 Å². The van der Waals surface area contributed by atoms with Crippen molar-refractivity contribution in [3.8, 4) is 0 Å². The number of rotatable bonds is 6. The number of fused-ring (bicyclic) bond motifs is 1. The number of hydrogen-bond donors (Lipinski definition) is 0. The predicted molar refractivity (Wildman–Crippen MR) is 91.4 cm³/mol. The van der Waals surface area contributed by atoms with Gasteiger partial charge in [-0.05, 0) is 60.1 Å². The van der Waals surface area contributed by atoms with E-state index in [0.29, 0.717) is 5.15 Å². The summed E-state index contributed by atoms with van der Waals surface area (Å²) in [4.78, 5) is 15.8. The van der Waals surface area contributed by atoms with E-state index in [0.717, 1.165) is 42.1 Å². The van der Waals surface area contributed by atoms with Gasteiger partial charge in [0.2, 0.25) is 0 Å². The van der Waals surface area contributed by atoms with Crippen molar-refractivity contribution in [1.82, 2.24) is 19.8 Å². The Morgan fingerprint density at radius 2 is 1.81 bits per heavy atom. The van der Waals surface area contributed by atoms with Gasteiger partial charge in [-0.3, -0.25) is 4.90 Å². The maximum Gasteiger partial charge on any atom is 0.145 e. The number of halogens is 1. The SMILES string of the molecule is Cc1sc2nc(CN(C)CCCN(C)C)nc(Cl)c2c1C. The normalized spacial score (nSPS) is 12.0. The number of aromatic nitrogens is 2. The smallest absolute Gasteiger partial charge is 0.145 e. The fourth-order valence-electron chi connectivity index (χ4n) is 2.29. The summed E-state index contributed by atoms with van der Waals surface area (Å²) in [6.07, 6.45) is 1.14. The summed E-state index contributed by atoms with van der Waals surface area (Å²) in [7, 11) is 6.29. The molecule has 0 radical (unpaired) electrons. The third kappa shape index (κ3) is 4.13. The van der Waals surface area contributed by atoms with Crippen molar-refractivity contribution in [2.24, 2.45) is 0 Å². The second-order valence-corrected chi connectivity index (χ2v) is 7.35. The second kappa shape index (κ2) is 7.01. The van der Waals surface area contributed by atoms with E-state index < -0.39 is 0 Å². The van der Waals surface area contributed by atoms with E-state index in [4.69, 9.17) is 11.6 Å². The molecule has 0 atom stereocenters. The number of hydrogen-bond acceptors (Lipinski definition) is 5. The summed E-state index contributed by atoms with van der Waals surface area (Å²) < 4.78 is 0. The monoisotopic (exact) mass is 326 g/mol. The Bertz CT molecular complexity index is 624. The topological polar surface area (TPSA) is 32.3 Å². The maximum absolute atomic E-state index is 6.34. The van der Waals surface area contributed by atoms with Gasteiger partial charge in [0.15, 0.2) is 0 Å². The van der Waals surface area contributed by atoms with Crippen LogP contribution in [0.2, 0.25) is 5.15 Å². The van der Waals surface area contributed by atoms with Crippen LogP contribution >= 0.6 is 22.9 Å². The molecule has 2 aromatic rings. The molecule has 0 aliphatic heterocycles. The van der Waals surface area contributed by atoms with Gasteiger partial charge in [0.25, 0.3) is 0 Å². The summed E-state index contributed by atoms with van der Waals surface area (Å²) in [6, 6.07) is 0. The zero-order valence-corrected chi connectivity index (χ0v) is 15.0. The van der Waals surface area contributed by atoms with Gasteiger partial charge in [-0.15, -0.1) is 11.3 Å². The molecule has 4 nitrogen and oxygen atoms in total. The van der Waals surface area contributed by atoms with Crippen LogP contribution < -0.4 is 0 Å². The summed E-state index contributed by atoms with van der Waals surface area (Å²) in [5.41, 5.74) is 1.20. The molecule has 0 N–H and O–H groups in total. The number of aryl methyl sites for hydroxylation is 2. The Morgan fingerprint density at radius 3 is 2.48 bits per heavy atom. The van der Waals surface area contributed by atoms with E-state index in [1.54, 1.807) is 11.3 Å². The summed E-state index contributed by atoms with van der Waals surface area (Å²) in [5.74, 6) is 0.807. The molecule has 0 unspecified atom stereocenters. The Hall–Kier alpha value is -0.750. The molecule has 0 aromatic carbocycles. The van der Waals surface area contributed by atoms with Gasteiger partial charge in [0, 0.05) is 4.88 Å². The highest BCUT2D eigenvalue weighted by Crippen LogP contribution is 2.32. The lowest BCUT2D eigenvalue weighted by Crippen LogP contribution is -2.24. The van der Waals surface area contributed by atoms with Gasteiger partial charge in [-0.25, -0.2) is 9.97 Å². The molecule has 0 spiro atoms. The first-order valence-electron chi connectivity index (χ1n) is 7.14. The summed E-state index contributed by atoms with van der Waals surface area (Å²) in [6.45, 7) is 7.04. The molecule has 0 amide bonds. The Labute approximate surface area is 135 Å². The van der Waals surface area contributed by atoms with Gasteiger partial charge < -0.3 is 4.90 Å². The van der Waals surface area contributed by atoms with Crippen molar-refractivity contribution < 1.29 is 0 Å². The van der Waals surface area contributed by atoms with Gasteiger partial charge in [-0.1, -0.05) is 11.6 Å². The van der Waals surface area contributed by atoms with Crippen LogP contribution in [0.4, 0.5) is 0 Å². The summed E-state index contributed by atoms with van der Waals surface area (Å²) >= 11 is 8.04. The molecule has 2 aromatic heterocycles. The lowest BCUT2D eigenvalue weighted by molar-refractivity contribution is 0.289. The number of thiophene rings is 1. The molecule has 0 aliphatic rings. The molecule has 2 heterocycles. The second-order valence-electron chi connectivity index (χ2n) is 5.79. The minimum atomic E-state index is 0.582. The third-order valence-corrected chi connectivity index (χ3v) is 4.96. The largest absolute Gasteiger partial charge is 0.309 e. The molecule has 0 saturated heterocycles. The highest BCUT2D eigenvalue weighted by Gasteiger charge is 2.14. The van der Waals surface area contributed by atoms with Crippen molar-refractivity contribution in [1.29, 1.82) is 0 Å². The zero-order chi connectivity index (χ0) is 15.6. The highest BCUT2D eigenvalue weighted by atomic mass is 35.5. The highest BCUT2D eigenvalue weighted by molar-refractivity contribution is 7.18. The maximum atomic E-state index is 6.34. The first-order valence-corrected chi connectivity index (χ1v) is 8.33. The first kappa shape index (κ1) is 16.6. The Balaban J connectivity index is 2.09. The zero-order valence-electron chi connectivity index (χ0n) is 13.4. The van der Waals surface area contributed by atoms with E-state index >= 15 is 0 Å². The average molecular weight is 327 g/mol. The van der Waals surface area contributed by atoms with Crippen LogP contribution in [0, 0.1) is 13.8 Å². The molecule has 116 valence electrons. The molecule has 0 fully saturated rings. The lowest BCUT2D eigenvalue weighted by atomic mass is 10.2. The summed E-state index contributed by atoms with van der Waals surface area (Å²) in [5, 5.41) is 1.59. The van der Waals surface area contributed by atoms with E-state index in [1.165, 1.54) is 10.4 Å². The Kier molecular flexibility index (Phi) is 5.54. The van der Waals surface area contributed by atoms with E-state index in [-0.39, 0.29) is 0 Å². The predicted octanol–water partition coefficient (Wildman–Crippen LogP) is 3.35. The molecule has 2 rings (SSSR count). The van der Waals surface area contributed by atoms with Crippen LogP contribution in [0.5, 0.6) is 0 Å². The molecular weight excluding hydrogens is 304 g/mol. The minimum absolute atomic E-state index is 0.582. The van der Waals surface area contributed by atoms with Crippen molar-refractivity contribution in [3.63, 3.8) is 0 Å². The number of nitrogens with zero attached hydrogens (tertiary/aromatic N) is 4. The third-order valence-electron chi connectivity index (χ3n) is 3.59. The molecule has 6 heteroatoms. The molecular formula is C15H23ClN4S. The van der Waals surface area contributed by atoms with Crippen molar-refractivity contribution in [2.45, 2.75) is 26.8 Å². The van der Waals surface area contributed by atoms with Crippen LogP contribution in [0.1, 0.15) is 22.7 Å². The van der Waals surface area contributed by atoms with E-state index in [2.05, 4.69) is 54.8 Å². The standard InChI is InChI=1S/C15H23ClN4S/c1-10-11(2)21-15-13(10)14(16)17-12(18-15)9-20(5)8-6-7-19(3)4/h6-9H2,1-5H3. The molecule has 0 bridgehead atoms. The van der Waals surface area contributed by atoms with Crippen molar-refractivity contribution >= 4 is 33.2 Å². The molecule has 0 aliphatic carbocycles. The minimum Gasteiger partial charge on any atom is -0.309 e. The van der Waals surface area contributed by atoms with Gasteiger partial charge in [0.1, 0.15) is 15.8 Å². The quantitative estimate of drug-likeness (QED) is 0.762. The van der Waals surface area contributed by atoms with Crippen LogP contribution in [-0.2, 0) is 6.54 Å². The van der Waals surface area contributed by atoms with Crippen LogP contribution in [0.3, 0.4) is 0 Å². The first-order chi connectivity index (χ1) is 9.88. The van der Waals surface area contributed by atoms with Crippen LogP contribution in [0.25, 0.3) is 10.2 Å². The van der Waals surface area contributed by atoms with Crippen molar-refractivity contribution in [3.05, 3.63) is 21.4 Å². The fourth-order valence-corrected chi connectivity index (χ4v) is 3.72. The lowest BCUT2D eigenvalue weighted by Gasteiger charge is -2.17. The van der Waals surface area contributed by atoms with Gasteiger partial charge >= 0.3 is 0 Å². The Morgan fingerprint density at radius 1 is 1.10 bits per heavy atom.